The molecule has 0 bridgehead atoms. The van der Waals surface area contributed by atoms with E-state index in [0.717, 1.165) is 4.90 Å². The molecule has 0 aliphatic heterocycles. The minimum absolute atomic E-state index is 0.531. The smallest absolute Gasteiger partial charge is 0.423 e. The van der Waals surface area contributed by atoms with Crippen LogP contribution in [0.3, 0.4) is 0 Å². The molecule has 0 atom stereocenters. The van der Waals surface area contributed by atoms with Crippen LogP contribution in [0.1, 0.15) is 13.8 Å². The van der Waals surface area contributed by atoms with Gasteiger partial charge in [0.25, 0.3) is 0 Å². The minimum Gasteiger partial charge on any atom is -0.423 e. The fourth-order valence-corrected chi connectivity index (χ4v) is 2.64. The molecule has 0 amide bonds. The van der Waals surface area contributed by atoms with Gasteiger partial charge in [0.15, 0.2) is 0 Å². The molecule has 5 heteroatoms. The maximum Gasteiger partial charge on any atom is 0.488 e. The van der Waals surface area contributed by atoms with Crippen LogP contribution in [0.2, 0.25) is 0 Å². The first-order valence-corrected chi connectivity index (χ1v) is 6.60. The van der Waals surface area contributed by atoms with Crippen LogP contribution in [0.25, 0.3) is 0 Å². The Morgan fingerprint density at radius 1 is 1.14 bits per heavy atom. The van der Waals surface area contributed by atoms with Gasteiger partial charge in [0.1, 0.15) is 0 Å². The summed E-state index contributed by atoms with van der Waals surface area (Å²) in [6.07, 6.45) is 0. The molecular weight excluding hydrogens is 215 g/mol. The van der Waals surface area contributed by atoms with Crippen molar-refractivity contribution in [1.29, 1.82) is 0 Å². The zero-order valence-electron chi connectivity index (χ0n) is 8.18. The lowest BCUT2D eigenvalue weighted by molar-refractivity contribution is 0.426. The van der Waals surface area contributed by atoms with E-state index in [1.807, 2.05) is 12.1 Å². The molecule has 0 unspecified atom stereocenters. The topological polar surface area (TPSA) is 40.5 Å². The molecule has 1 aromatic rings. The zero-order valence-corrected chi connectivity index (χ0v) is 9.81. The zero-order chi connectivity index (χ0) is 10.6. The first-order chi connectivity index (χ1) is 6.59. The molecule has 76 valence electrons. The lowest BCUT2D eigenvalue weighted by Gasteiger charge is -2.04. The molecule has 0 aromatic heterocycles. The van der Waals surface area contributed by atoms with Gasteiger partial charge < -0.3 is 10.0 Å². The van der Waals surface area contributed by atoms with Gasteiger partial charge in [-0.3, -0.25) is 0 Å². The summed E-state index contributed by atoms with van der Waals surface area (Å²) in [5.74, 6) is 0. The van der Waals surface area contributed by atoms with E-state index in [2.05, 4.69) is 13.8 Å². The van der Waals surface area contributed by atoms with Crippen LogP contribution >= 0.6 is 21.6 Å². The Hall–Kier alpha value is -0.0951. The molecule has 1 aromatic carbocycles. The van der Waals surface area contributed by atoms with Crippen LogP contribution < -0.4 is 5.46 Å². The van der Waals surface area contributed by atoms with Gasteiger partial charge in [0.2, 0.25) is 0 Å². The number of benzene rings is 1. The molecule has 0 heterocycles. The highest BCUT2D eigenvalue weighted by Gasteiger charge is 2.09. The van der Waals surface area contributed by atoms with Gasteiger partial charge >= 0.3 is 7.12 Å². The maximum atomic E-state index is 8.88. The van der Waals surface area contributed by atoms with E-state index in [1.165, 1.54) is 0 Å². The SMILES string of the molecule is CC(C)SSc1ccc(B(O)O)cc1. The van der Waals surface area contributed by atoms with Gasteiger partial charge in [-0.1, -0.05) is 47.6 Å². The number of hydrogen-bond acceptors (Lipinski definition) is 4. The predicted molar refractivity (Wildman–Crippen MR) is 64.9 cm³/mol. The van der Waals surface area contributed by atoms with Crippen LogP contribution in [0.4, 0.5) is 0 Å². The molecule has 0 saturated carbocycles. The fraction of sp³-hybridized carbons (Fsp3) is 0.333. The maximum absolute atomic E-state index is 8.88. The van der Waals surface area contributed by atoms with E-state index in [4.69, 9.17) is 10.0 Å². The molecule has 2 nitrogen and oxygen atoms in total. The van der Waals surface area contributed by atoms with Crippen molar-refractivity contribution in [3.8, 4) is 0 Å². The second kappa shape index (κ2) is 5.71. The second-order valence-corrected chi connectivity index (χ2v) is 6.02. The van der Waals surface area contributed by atoms with Gasteiger partial charge in [0, 0.05) is 10.1 Å². The number of rotatable bonds is 4. The second-order valence-electron chi connectivity index (χ2n) is 3.17. The van der Waals surface area contributed by atoms with Crippen molar-refractivity contribution < 1.29 is 10.0 Å². The van der Waals surface area contributed by atoms with Gasteiger partial charge in [0.05, 0.1) is 0 Å². The first-order valence-electron chi connectivity index (χ1n) is 4.39. The third kappa shape index (κ3) is 3.96. The van der Waals surface area contributed by atoms with Crippen molar-refractivity contribution >= 4 is 34.2 Å². The van der Waals surface area contributed by atoms with E-state index in [1.54, 1.807) is 33.7 Å². The molecule has 0 fully saturated rings. The Bertz CT molecular complexity index is 275. The minimum atomic E-state index is -1.37. The van der Waals surface area contributed by atoms with Crippen LogP contribution in [-0.4, -0.2) is 22.4 Å². The van der Waals surface area contributed by atoms with E-state index in [-0.39, 0.29) is 0 Å². The van der Waals surface area contributed by atoms with Crippen molar-refractivity contribution in [2.24, 2.45) is 0 Å². The highest BCUT2D eigenvalue weighted by molar-refractivity contribution is 8.76. The summed E-state index contributed by atoms with van der Waals surface area (Å²) in [5, 5.41) is 18.3. The fourth-order valence-electron chi connectivity index (χ4n) is 0.847. The van der Waals surface area contributed by atoms with E-state index in [9.17, 15) is 0 Å². The summed E-state index contributed by atoms with van der Waals surface area (Å²) < 4.78 is 0. The number of hydrogen-bond donors (Lipinski definition) is 2. The Labute approximate surface area is 92.7 Å². The molecule has 0 saturated heterocycles. The molecule has 0 spiro atoms. The highest BCUT2D eigenvalue weighted by Crippen LogP contribution is 2.33. The summed E-state index contributed by atoms with van der Waals surface area (Å²) in [5.41, 5.74) is 0.531. The Morgan fingerprint density at radius 3 is 2.14 bits per heavy atom. The Morgan fingerprint density at radius 2 is 1.71 bits per heavy atom. The Balaban J connectivity index is 2.55. The average molecular weight is 228 g/mol. The molecule has 0 aliphatic carbocycles. The van der Waals surface area contributed by atoms with E-state index in [0.29, 0.717) is 10.7 Å². The molecule has 2 N–H and O–H groups in total. The van der Waals surface area contributed by atoms with Crippen molar-refractivity contribution in [3.05, 3.63) is 24.3 Å². The normalized spacial score (nSPS) is 10.6. The Kier molecular flexibility index (Phi) is 4.88. The summed E-state index contributed by atoms with van der Waals surface area (Å²) in [4.78, 5) is 1.13. The van der Waals surface area contributed by atoms with Gasteiger partial charge in [-0.2, -0.15) is 0 Å². The highest BCUT2D eigenvalue weighted by atomic mass is 33.1. The summed E-state index contributed by atoms with van der Waals surface area (Å²) in [7, 11) is 2.12. The van der Waals surface area contributed by atoms with Crippen molar-refractivity contribution in [2.75, 3.05) is 0 Å². The van der Waals surface area contributed by atoms with Crippen molar-refractivity contribution in [3.63, 3.8) is 0 Å². The van der Waals surface area contributed by atoms with Crippen molar-refractivity contribution in [1.82, 2.24) is 0 Å². The van der Waals surface area contributed by atoms with Crippen LogP contribution in [0.15, 0.2) is 29.2 Å². The predicted octanol–water partition coefficient (Wildman–Crippen LogP) is 1.52. The van der Waals surface area contributed by atoms with Crippen molar-refractivity contribution in [2.45, 2.75) is 24.0 Å². The molecule has 0 aliphatic rings. The van der Waals surface area contributed by atoms with Gasteiger partial charge in [-0.15, -0.1) is 0 Å². The standard InChI is InChI=1S/C9H13BO2S2/c1-7(2)13-14-9-5-3-8(4-6-9)10(11)12/h3-7,11-12H,1-2H3. The van der Waals surface area contributed by atoms with Gasteiger partial charge in [-0.25, -0.2) is 0 Å². The third-order valence-electron chi connectivity index (χ3n) is 1.52. The summed E-state index contributed by atoms with van der Waals surface area (Å²) in [6.45, 7) is 4.28. The lowest BCUT2D eigenvalue weighted by atomic mass is 9.81. The van der Waals surface area contributed by atoms with Gasteiger partial charge in [-0.05, 0) is 17.6 Å². The first kappa shape index (κ1) is 12.0. The van der Waals surface area contributed by atoms with Crippen LogP contribution in [0.5, 0.6) is 0 Å². The van der Waals surface area contributed by atoms with Crippen LogP contribution in [0, 0.1) is 0 Å². The van der Waals surface area contributed by atoms with E-state index >= 15 is 0 Å². The summed E-state index contributed by atoms with van der Waals surface area (Å²) >= 11 is 0. The summed E-state index contributed by atoms with van der Waals surface area (Å²) in [6, 6.07) is 7.26. The average Bonchev–Trinajstić information content (AvgIpc) is 2.15. The third-order valence-corrected chi connectivity index (χ3v) is 4.48. The monoisotopic (exact) mass is 228 g/mol. The molecule has 14 heavy (non-hydrogen) atoms. The van der Waals surface area contributed by atoms with Crippen LogP contribution in [-0.2, 0) is 0 Å². The molecule has 1 rings (SSSR count). The largest absolute Gasteiger partial charge is 0.488 e. The van der Waals surface area contributed by atoms with E-state index < -0.39 is 7.12 Å². The molecular formula is C9H13BO2S2. The quantitative estimate of drug-likeness (QED) is 0.605. The lowest BCUT2D eigenvalue weighted by Crippen LogP contribution is -2.29. The molecule has 0 radical (unpaired) electrons.